The van der Waals surface area contributed by atoms with Crippen LogP contribution in [0.1, 0.15) is 25.7 Å². The van der Waals surface area contributed by atoms with Gasteiger partial charge in [-0.25, -0.2) is 9.97 Å². The van der Waals surface area contributed by atoms with E-state index in [-0.39, 0.29) is 0 Å². The lowest BCUT2D eigenvalue weighted by atomic mass is 9.56. The van der Waals surface area contributed by atoms with E-state index in [1.807, 2.05) is 0 Å². The summed E-state index contributed by atoms with van der Waals surface area (Å²) < 4.78 is 5.41. The second-order valence-corrected chi connectivity index (χ2v) is 7.09. The van der Waals surface area contributed by atoms with Crippen LogP contribution in [0.3, 0.4) is 0 Å². The lowest BCUT2D eigenvalue weighted by Crippen LogP contribution is -2.50. The zero-order valence-corrected chi connectivity index (χ0v) is 13.8. The normalized spacial score (nSPS) is 26.8. The average molecular weight is 317 g/mol. The molecule has 0 bridgehead atoms. The lowest BCUT2D eigenvalue weighted by molar-refractivity contribution is 0.00634. The SMILES string of the molecule is c1nc(NCC2CCC23CCNCC3)cc(N2CCOCC2)n1. The quantitative estimate of drug-likeness (QED) is 0.878. The van der Waals surface area contributed by atoms with Crippen LogP contribution in [0.25, 0.3) is 0 Å². The second-order valence-electron chi connectivity index (χ2n) is 7.09. The minimum absolute atomic E-state index is 0.596. The molecular weight excluding hydrogens is 290 g/mol. The van der Waals surface area contributed by atoms with Crippen molar-refractivity contribution in [2.24, 2.45) is 11.3 Å². The Hall–Kier alpha value is -1.40. The summed E-state index contributed by atoms with van der Waals surface area (Å²) >= 11 is 0. The van der Waals surface area contributed by atoms with E-state index in [1.54, 1.807) is 6.33 Å². The fourth-order valence-corrected chi connectivity index (χ4v) is 4.30. The first-order chi connectivity index (χ1) is 11.4. The highest BCUT2D eigenvalue weighted by atomic mass is 16.5. The molecule has 3 heterocycles. The van der Waals surface area contributed by atoms with Gasteiger partial charge in [-0.05, 0) is 50.1 Å². The van der Waals surface area contributed by atoms with Crippen LogP contribution in [0.5, 0.6) is 0 Å². The first kappa shape index (κ1) is 15.1. The van der Waals surface area contributed by atoms with E-state index in [0.717, 1.165) is 50.4 Å². The molecule has 6 nitrogen and oxygen atoms in total. The summed E-state index contributed by atoms with van der Waals surface area (Å²) in [5.74, 6) is 2.76. The maximum atomic E-state index is 5.41. The van der Waals surface area contributed by atoms with Crippen LogP contribution in [0, 0.1) is 11.3 Å². The molecule has 2 saturated heterocycles. The third kappa shape index (κ3) is 3.15. The van der Waals surface area contributed by atoms with E-state index in [0.29, 0.717) is 5.41 Å². The highest BCUT2D eigenvalue weighted by molar-refractivity contribution is 5.48. The van der Waals surface area contributed by atoms with Crippen LogP contribution in [0.2, 0.25) is 0 Å². The lowest BCUT2D eigenvalue weighted by Gasteiger charge is -2.52. The Bertz CT molecular complexity index is 525. The number of rotatable bonds is 4. The van der Waals surface area contributed by atoms with Crippen molar-refractivity contribution in [3.63, 3.8) is 0 Å². The van der Waals surface area contributed by atoms with Crippen LogP contribution in [-0.4, -0.2) is 55.9 Å². The molecule has 23 heavy (non-hydrogen) atoms. The van der Waals surface area contributed by atoms with Crippen LogP contribution < -0.4 is 15.5 Å². The third-order valence-electron chi connectivity index (χ3n) is 5.97. The van der Waals surface area contributed by atoms with Crippen molar-refractivity contribution >= 4 is 11.6 Å². The molecule has 0 radical (unpaired) electrons. The van der Waals surface area contributed by atoms with Gasteiger partial charge in [0.25, 0.3) is 0 Å². The number of morpholine rings is 1. The Morgan fingerprint density at radius 2 is 2.04 bits per heavy atom. The van der Waals surface area contributed by atoms with Crippen molar-refractivity contribution in [3.05, 3.63) is 12.4 Å². The summed E-state index contributed by atoms with van der Waals surface area (Å²) in [5, 5.41) is 7.06. The predicted octanol–water partition coefficient (Wildman–Crippen LogP) is 1.50. The Kier molecular flexibility index (Phi) is 4.35. The van der Waals surface area contributed by atoms with Crippen molar-refractivity contribution in [3.8, 4) is 0 Å². The summed E-state index contributed by atoms with van der Waals surface area (Å²) in [5.41, 5.74) is 0.596. The number of hydrogen-bond acceptors (Lipinski definition) is 6. The maximum Gasteiger partial charge on any atom is 0.134 e. The number of nitrogens with zero attached hydrogens (tertiary/aromatic N) is 3. The van der Waals surface area contributed by atoms with Crippen molar-refractivity contribution in [1.29, 1.82) is 0 Å². The van der Waals surface area contributed by atoms with Crippen molar-refractivity contribution in [1.82, 2.24) is 15.3 Å². The van der Waals surface area contributed by atoms with Gasteiger partial charge in [0.05, 0.1) is 13.2 Å². The molecule has 3 aliphatic rings. The van der Waals surface area contributed by atoms with Gasteiger partial charge in [-0.3, -0.25) is 0 Å². The first-order valence-electron chi connectivity index (χ1n) is 8.95. The highest BCUT2D eigenvalue weighted by Gasteiger charge is 2.46. The molecule has 1 aliphatic carbocycles. The van der Waals surface area contributed by atoms with Crippen LogP contribution in [-0.2, 0) is 4.74 Å². The number of hydrogen-bond donors (Lipinski definition) is 2. The topological polar surface area (TPSA) is 62.3 Å². The number of ether oxygens (including phenoxy) is 1. The third-order valence-corrected chi connectivity index (χ3v) is 5.97. The van der Waals surface area contributed by atoms with Gasteiger partial charge < -0.3 is 20.3 Å². The maximum absolute atomic E-state index is 5.41. The van der Waals surface area contributed by atoms with E-state index in [4.69, 9.17) is 4.74 Å². The molecule has 1 aromatic heterocycles. The smallest absolute Gasteiger partial charge is 0.134 e. The molecule has 1 unspecified atom stereocenters. The molecule has 3 fully saturated rings. The van der Waals surface area contributed by atoms with Gasteiger partial charge in [0.2, 0.25) is 0 Å². The Labute approximate surface area is 138 Å². The number of anilines is 2. The van der Waals surface area contributed by atoms with Gasteiger partial charge in [-0.2, -0.15) is 0 Å². The van der Waals surface area contributed by atoms with Gasteiger partial charge in [-0.1, -0.05) is 0 Å². The predicted molar refractivity (Wildman–Crippen MR) is 90.8 cm³/mol. The van der Waals surface area contributed by atoms with Crippen LogP contribution in [0.15, 0.2) is 12.4 Å². The van der Waals surface area contributed by atoms with Gasteiger partial charge >= 0.3 is 0 Å². The molecule has 1 saturated carbocycles. The van der Waals surface area contributed by atoms with Crippen LogP contribution >= 0.6 is 0 Å². The summed E-state index contributed by atoms with van der Waals surface area (Å²) in [4.78, 5) is 11.1. The fourth-order valence-electron chi connectivity index (χ4n) is 4.30. The van der Waals surface area contributed by atoms with Crippen molar-refractivity contribution in [2.75, 3.05) is 56.2 Å². The zero-order chi connectivity index (χ0) is 15.5. The highest BCUT2D eigenvalue weighted by Crippen LogP contribution is 2.52. The molecular formula is C17H27N5O. The molecule has 1 aromatic rings. The Balaban J connectivity index is 1.35. The summed E-state index contributed by atoms with van der Waals surface area (Å²) in [6.45, 7) is 6.80. The standard InChI is InChI=1S/C17H27N5O/c1-2-17(3-5-18-6-4-17)14(1)12-19-15-11-16(21-13-20-15)22-7-9-23-10-8-22/h11,13-14,18H,1-10,12H2,(H,19,20,21). The second kappa shape index (κ2) is 6.61. The monoisotopic (exact) mass is 317 g/mol. The molecule has 126 valence electrons. The first-order valence-corrected chi connectivity index (χ1v) is 8.95. The minimum Gasteiger partial charge on any atom is -0.378 e. The summed E-state index contributed by atoms with van der Waals surface area (Å²) in [6.07, 6.45) is 7.11. The molecule has 1 atom stereocenters. The Morgan fingerprint density at radius 3 is 2.78 bits per heavy atom. The minimum atomic E-state index is 0.596. The molecule has 4 rings (SSSR count). The number of aromatic nitrogens is 2. The van der Waals surface area contributed by atoms with E-state index in [1.165, 1.54) is 38.8 Å². The van der Waals surface area contributed by atoms with E-state index < -0.39 is 0 Å². The van der Waals surface area contributed by atoms with E-state index >= 15 is 0 Å². The summed E-state index contributed by atoms with van der Waals surface area (Å²) in [7, 11) is 0. The zero-order valence-electron chi connectivity index (χ0n) is 13.8. The van der Waals surface area contributed by atoms with Crippen molar-refractivity contribution < 1.29 is 4.74 Å². The molecule has 2 aliphatic heterocycles. The van der Waals surface area contributed by atoms with Gasteiger partial charge in [-0.15, -0.1) is 0 Å². The van der Waals surface area contributed by atoms with Crippen molar-refractivity contribution in [2.45, 2.75) is 25.7 Å². The van der Waals surface area contributed by atoms with Gasteiger partial charge in [0.1, 0.15) is 18.0 Å². The molecule has 2 N–H and O–H groups in total. The van der Waals surface area contributed by atoms with E-state index in [9.17, 15) is 0 Å². The Morgan fingerprint density at radius 1 is 1.22 bits per heavy atom. The van der Waals surface area contributed by atoms with E-state index in [2.05, 4.69) is 31.6 Å². The fraction of sp³-hybridized carbons (Fsp3) is 0.765. The number of nitrogens with one attached hydrogen (secondary N) is 2. The number of piperidine rings is 1. The molecule has 0 amide bonds. The van der Waals surface area contributed by atoms with Crippen LogP contribution in [0.4, 0.5) is 11.6 Å². The molecule has 0 aromatic carbocycles. The summed E-state index contributed by atoms with van der Waals surface area (Å²) in [6, 6.07) is 2.08. The van der Waals surface area contributed by atoms with Gasteiger partial charge in [0.15, 0.2) is 0 Å². The average Bonchev–Trinajstić information content (AvgIpc) is 2.63. The van der Waals surface area contributed by atoms with Gasteiger partial charge in [0, 0.05) is 25.7 Å². The molecule has 6 heteroatoms. The molecule has 1 spiro atoms. The largest absolute Gasteiger partial charge is 0.378 e.